The predicted octanol–water partition coefficient (Wildman–Crippen LogP) is 1.46. The van der Waals surface area contributed by atoms with Crippen molar-refractivity contribution in [3.05, 3.63) is 35.4 Å². The number of fused-ring (bicyclic) bond motifs is 1. The first-order chi connectivity index (χ1) is 6.77. The van der Waals surface area contributed by atoms with Crippen molar-refractivity contribution in [2.75, 3.05) is 0 Å². The SMILES string of the molecule is NC1CC1.O=C1OCc2ccccc21. The van der Waals surface area contributed by atoms with Gasteiger partial charge in [0.1, 0.15) is 6.61 Å². The lowest BCUT2D eigenvalue weighted by atomic mass is 10.1. The average molecular weight is 191 g/mol. The first-order valence-electron chi connectivity index (χ1n) is 4.78. The quantitative estimate of drug-likeness (QED) is 0.632. The van der Waals surface area contributed by atoms with Crippen LogP contribution in [0.3, 0.4) is 0 Å². The maximum Gasteiger partial charge on any atom is 0.338 e. The molecule has 1 aliphatic heterocycles. The summed E-state index contributed by atoms with van der Waals surface area (Å²) in [7, 11) is 0. The van der Waals surface area contributed by atoms with Gasteiger partial charge < -0.3 is 10.5 Å². The molecule has 1 heterocycles. The van der Waals surface area contributed by atoms with E-state index < -0.39 is 0 Å². The standard InChI is InChI=1S/C8H6O2.C3H7N/c9-8-7-4-2-1-3-6(7)5-10-8;4-3-1-2-3/h1-4H,5H2;3H,1-2,4H2. The summed E-state index contributed by atoms with van der Waals surface area (Å²) in [6.07, 6.45) is 2.53. The summed E-state index contributed by atoms with van der Waals surface area (Å²) in [5.41, 5.74) is 6.93. The van der Waals surface area contributed by atoms with Gasteiger partial charge in [0.2, 0.25) is 0 Å². The third-order valence-electron chi connectivity index (χ3n) is 2.22. The first kappa shape index (κ1) is 9.21. The van der Waals surface area contributed by atoms with Crippen molar-refractivity contribution in [3.63, 3.8) is 0 Å². The second-order valence-corrected chi connectivity index (χ2v) is 3.57. The molecular formula is C11H13NO2. The van der Waals surface area contributed by atoms with E-state index in [-0.39, 0.29) is 5.97 Å². The largest absolute Gasteiger partial charge is 0.457 e. The van der Waals surface area contributed by atoms with Gasteiger partial charge in [0.05, 0.1) is 5.56 Å². The van der Waals surface area contributed by atoms with Crippen LogP contribution in [-0.2, 0) is 11.3 Å². The molecule has 2 aliphatic rings. The smallest absolute Gasteiger partial charge is 0.338 e. The minimum Gasteiger partial charge on any atom is -0.457 e. The molecule has 74 valence electrons. The van der Waals surface area contributed by atoms with Gasteiger partial charge in [-0.25, -0.2) is 4.79 Å². The zero-order valence-corrected chi connectivity index (χ0v) is 7.90. The summed E-state index contributed by atoms with van der Waals surface area (Å²) in [6, 6.07) is 8.01. The fraction of sp³-hybridized carbons (Fsp3) is 0.364. The molecule has 14 heavy (non-hydrogen) atoms. The number of esters is 1. The third-order valence-corrected chi connectivity index (χ3v) is 2.22. The number of carbonyl (C=O) groups excluding carboxylic acids is 1. The number of nitrogens with two attached hydrogens (primary N) is 1. The highest BCUT2D eigenvalue weighted by Gasteiger charge is 2.18. The van der Waals surface area contributed by atoms with E-state index >= 15 is 0 Å². The first-order valence-corrected chi connectivity index (χ1v) is 4.78. The van der Waals surface area contributed by atoms with Crippen molar-refractivity contribution in [2.24, 2.45) is 5.73 Å². The van der Waals surface area contributed by atoms with Crippen LogP contribution in [0.4, 0.5) is 0 Å². The number of rotatable bonds is 0. The number of hydrogen-bond donors (Lipinski definition) is 1. The Kier molecular flexibility index (Phi) is 2.50. The van der Waals surface area contributed by atoms with E-state index in [1.807, 2.05) is 18.2 Å². The fourth-order valence-corrected chi connectivity index (χ4v) is 1.16. The Morgan fingerprint density at radius 1 is 1.29 bits per heavy atom. The highest BCUT2D eigenvalue weighted by Crippen LogP contribution is 2.18. The van der Waals surface area contributed by atoms with Crippen LogP contribution < -0.4 is 5.73 Å². The Hall–Kier alpha value is -1.35. The molecule has 0 radical (unpaired) electrons. The molecule has 1 aromatic carbocycles. The van der Waals surface area contributed by atoms with Crippen LogP contribution >= 0.6 is 0 Å². The van der Waals surface area contributed by atoms with E-state index in [0.29, 0.717) is 18.2 Å². The van der Waals surface area contributed by atoms with Gasteiger partial charge in [0, 0.05) is 11.6 Å². The Labute approximate surface area is 82.9 Å². The summed E-state index contributed by atoms with van der Waals surface area (Å²) < 4.78 is 4.78. The summed E-state index contributed by atoms with van der Waals surface area (Å²) in [4.78, 5) is 10.8. The molecule has 0 bridgehead atoms. The van der Waals surface area contributed by atoms with Crippen molar-refractivity contribution in [1.82, 2.24) is 0 Å². The van der Waals surface area contributed by atoms with Crippen LogP contribution in [0.5, 0.6) is 0 Å². The number of cyclic esters (lactones) is 1. The molecule has 1 aromatic rings. The van der Waals surface area contributed by atoms with E-state index in [1.54, 1.807) is 6.07 Å². The van der Waals surface area contributed by atoms with Crippen LogP contribution in [0.25, 0.3) is 0 Å². The van der Waals surface area contributed by atoms with Gasteiger partial charge >= 0.3 is 5.97 Å². The number of hydrogen-bond acceptors (Lipinski definition) is 3. The van der Waals surface area contributed by atoms with Gasteiger partial charge in [-0.1, -0.05) is 18.2 Å². The Bertz CT molecular complexity index is 345. The second-order valence-electron chi connectivity index (χ2n) is 3.57. The number of benzene rings is 1. The fourth-order valence-electron chi connectivity index (χ4n) is 1.16. The van der Waals surface area contributed by atoms with Gasteiger partial charge in [-0.15, -0.1) is 0 Å². The van der Waals surface area contributed by atoms with E-state index in [0.717, 1.165) is 5.56 Å². The molecule has 0 saturated heterocycles. The zero-order valence-electron chi connectivity index (χ0n) is 7.90. The van der Waals surface area contributed by atoms with Crippen LogP contribution in [0, 0.1) is 0 Å². The molecule has 0 atom stereocenters. The molecule has 1 aliphatic carbocycles. The molecule has 2 N–H and O–H groups in total. The zero-order chi connectivity index (χ0) is 9.97. The van der Waals surface area contributed by atoms with Crippen molar-refractivity contribution in [3.8, 4) is 0 Å². The lowest BCUT2D eigenvalue weighted by Gasteiger charge is -1.87. The maximum absolute atomic E-state index is 10.8. The monoisotopic (exact) mass is 191 g/mol. The van der Waals surface area contributed by atoms with Gasteiger partial charge in [-0.2, -0.15) is 0 Å². The topological polar surface area (TPSA) is 52.3 Å². The molecule has 1 saturated carbocycles. The molecule has 3 heteroatoms. The van der Waals surface area contributed by atoms with E-state index in [9.17, 15) is 4.79 Å². The van der Waals surface area contributed by atoms with Crippen molar-refractivity contribution >= 4 is 5.97 Å². The van der Waals surface area contributed by atoms with Crippen molar-refractivity contribution in [2.45, 2.75) is 25.5 Å². The second kappa shape index (κ2) is 3.80. The number of carbonyl (C=O) groups is 1. The third kappa shape index (κ3) is 2.12. The molecule has 0 amide bonds. The van der Waals surface area contributed by atoms with Gasteiger partial charge in [0.15, 0.2) is 0 Å². The number of ether oxygens (including phenoxy) is 1. The van der Waals surface area contributed by atoms with E-state index in [1.165, 1.54) is 12.8 Å². The van der Waals surface area contributed by atoms with Crippen molar-refractivity contribution < 1.29 is 9.53 Å². The molecule has 1 fully saturated rings. The normalized spacial score (nSPS) is 17.9. The van der Waals surface area contributed by atoms with Gasteiger partial charge in [-0.3, -0.25) is 0 Å². The Morgan fingerprint density at radius 3 is 2.50 bits per heavy atom. The summed E-state index contributed by atoms with van der Waals surface area (Å²) in [6.45, 7) is 0.439. The molecular weight excluding hydrogens is 178 g/mol. The van der Waals surface area contributed by atoms with Crippen LogP contribution in [-0.4, -0.2) is 12.0 Å². The van der Waals surface area contributed by atoms with Crippen molar-refractivity contribution in [1.29, 1.82) is 0 Å². The molecule has 3 rings (SSSR count). The van der Waals surface area contributed by atoms with Crippen LogP contribution in [0.1, 0.15) is 28.8 Å². The molecule has 0 unspecified atom stereocenters. The minimum atomic E-state index is -0.199. The minimum absolute atomic E-state index is 0.199. The predicted molar refractivity (Wildman–Crippen MR) is 52.8 cm³/mol. The highest BCUT2D eigenvalue weighted by atomic mass is 16.5. The summed E-state index contributed by atoms with van der Waals surface area (Å²) >= 11 is 0. The van der Waals surface area contributed by atoms with Gasteiger partial charge in [0.25, 0.3) is 0 Å². The summed E-state index contributed by atoms with van der Waals surface area (Å²) in [5.74, 6) is -0.199. The average Bonchev–Trinajstić information content (AvgIpc) is 2.90. The Morgan fingerprint density at radius 2 is 1.93 bits per heavy atom. The highest BCUT2D eigenvalue weighted by molar-refractivity contribution is 5.93. The molecule has 3 nitrogen and oxygen atoms in total. The van der Waals surface area contributed by atoms with Gasteiger partial charge in [-0.05, 0) is 18.9 Å². The lowest BCUT2D eigenvalue weighted by Crippen LogP contribution is -1.94. The summed E-state index contributed by atoms with van der Waals surface area (Å²) in [5, 5.41) is 0. The lowest BCUT2D eigenvalue weighted by molar-refractivity contribution is 0.0535. The van der Waals surface area contributed by atoms with Crippen LogP contribution in [0.15, 0.2) is 24.3 Å². The van der Waals surface area contributed by atoms with E-state index in [4.69, 9.17) is 10.5 Å². The molecule has 0 aromatic heterocycles. The Balaban J connectivity index is 0.000000157. The maximum atomic E-state index is 10.8. The van der Waals surface area contributed by atoms with E-state index in [2.05, 4.69) is 0 Å². The molecule has 0 spiro atoms. The van der Waals surface area contributed by atoms with Crippen LogP contribution in [0.2, 0.25) is 0 Å².